The van der Waals surface area contributed by atoms with Crippen molar-refractivity contribution in [2.45, 2.75) is 13.3 Å². The van der Waals surface area contributed by atoms with Crippen molar-refractivity contribution < 1.29 is 4.79 Å². The molecule has 0 saturated carbocycles. The number of carbonyl (C=O) groups is 1. The topological polar surface area (TPSA) is 65.8 Å². The summed E-state index contributed by atoms with van der Waals surface area (Å²) in [7, 11) is 0. The standard InChI is InChI=1S/C15H12BrN3O/c1-10-2-3-12(16)9-14(10)19-15(20)11-5-7-18-13(8-11)4-6-17/h2-3,5,7-9H,4H2,1H3,(H,19,20). The number of rotatable bonds is 3. The van der Waals surface area contributed by atoms with Gasteiger partial charge in [0.1, 0.15) is 0 Å². The van der Waals surface area contributed by atoms with E-state index in [0.29, 0.717) is 11.3 Å². The number of nitriles is 1. The molecule has 5 heteroatoms. The average Bonchev–Trinajstić information content (AvgIpc) is 2.43. The number of anilines is 1. The zero-order valence-corrected chi connectivity index (χ0v) is 12.4. The van der Waals surface area contributed by atoms with Crippen LogP contribution in [0.15, 0.2) is 41.0 Å². The monoisotopic (exact) mass is 329 g/mol. The van der Waals surface area contributed by atoms with Gasteiger partial charge in [0, 0.05) is 21.9 Å². The van der Waals surface area contributed by atoms with Crippen LogP contribution < -0.4 is 5.32 Å². The van der Waals surface area contributed by atoms with E-state index >= 15 is 0 Å². The number of amides is 1. The van der Waals surface area contributed by atoms with E-state index in [2.05, 4.69) is 26.2 Å². The van der Waals surface area contributed by atoms with E-state index in [9.17, 15) is 4.79 Å². The van der Waals surface area contributed by atoms with Gasteiger partial charge in [0.15, 0.2) is 0 Å². The molecule has 0 atom stereocenters. The second-order valence-electron chi connectivity index (χ2n) is 4.28. The van der Waals surface area contributed by atoms with Gasteiger partial charge >= 0.3 is 0 Å². The quantitative estimate of drug-likeness (QED) is 0.937. The van der Waals surface area contributed by atoms with Crippen molar-refractivity contribution in [2.75, 3.05) is 5.32 Å². The minimum absolute atomic E-state index is 0.192. The normalized spacial score (nSPS) is 9.85. The van der Waals surface area contributed by atoms with E-state index in [1.54, 1.807) is 12.1 Å². The molecule has 0 bridgehead atoms. The fourth-order valence-electron chi connectivity index (χ4n) is 1.72. The van der Waals surface area contributed by atoms with E-state index in [-0.39, 0.29) is 12.3 Å². The number of aromatic nitrogens is 1. The molecule has 4 nitrogen and oxygen atoms in total. The first-order valence-corrected chi connectivity index (χ1v) is 6.79. The van der Waals surface area contributed by atoms with Gasteiger partial charge < -0.3 is 5.32 Å². The molecule has 0 aliphatic heterocycles. The van der Waals surface area contributed by atoms with Gasteiger partial charge in [-0.05, 0) is 36.8 Å². The van der Waals surface area contributed by atoms with Crippen molar-refractivity contribution in [3.8, 4) is 6.07 Å². The molecule has 0 fully saturated rings. The van der Waals surface area contributed by atoms with Crippen LogP contribution in [0.3, 0.4) is 0 Å². The maximum absolute atomic E-state index is 12.2. The van der Waals surface area contributed by atoms with E-state index < -0.39 is 0 Å². The number of nitrogens with one attached hydrogen (secondary N) is 1. The Bertz CT molecular complexity index is 692. The lowest BCUT2D eigenvalue weighted by Crippen LogP contribution is -2.13. The first kappa shape index (κ1) is 14.2. The summed E-state index contributed by atoms with van der Waals surface area (Å²) in [6.07, 6.45) is 1.73. The lowest BCUT2D eigenvalue weighted by atomic mass is 10.1. The van der Waals surface area contributed by atoms with Crippen LogP contribution in [0, 0.1) is 18.3 Å². The lowest BCUT2D eigenvalue weighted by Gasteiger charge is -2.09. The third-order valence-electron chi connectivity index (χ3n) is 2.79. The maximum atomic E-state index is 12.2. The van der Waals surface area contributed by atoms with Gasteiger partial charge in [-0.1, -0.05) is 22.0 Å². The smallest absolute Gasteiger partial charge is 0.255 e. The maximum Gasteiger partial charge on any atom is 0.255 e. The molecular formula is C15H12BrN3O. The molecular weight excluding hydrogens is 318 g/mol. The number of halogens is 1. The summed E-state index contributed by atoms with van der Waals surface area (Å²) in [5.41, 5.74) is 2.81. The molecule has 1 N–H and O–H groups in total. The molecule has 100 valence electrons. The van der Waals surface area contributed by atoms with Gasteiger partial charge in [-0.2, -0.15) is 5.26 Å². The third-order valence-corrected chi connectivity index (χ3v) is 3.28. The summed E-state index contributed by atoms with van der Waals surface area (Å²) in [4.78, 5) is 16.2. The first-order valence-electron chi connectivity index (χ1n) is 5.99. The predicted octanol–water partition coefficient (Wildman–Crippen LogP) is 3.47. The Morgan fingerprint density at radius 2 is 2.20 bits per heavy atom. The molecule has 0 saturated heterocycles. The Balaban J connectivity index is 2.22. The number of carbonyl (C=O) groups excluding carboxylic acids is 1. The Hall–Kier alpha value is -2.19. The summed E-state index contributed by atoms with van der Waals surface area (Å²) in [6, 6.07) is 11.0. The molecule has 0 spiro atoms. The minimum atomic E-state index is -0.215. The summed E-state index contributed by atoms with van der Waals surface area (Å²) >= 11 is 3.38. The van der Waals surface area contributed by atoms with Crippen molar-refractivity contribution in [2.24, 2.45) is 0 Å². The highest BCUT2D eigenvalue weighted by atomic mass is 79.9. The average molecular weight is 330 g/mol. The minimum Gasteiger partial charge on any atom is -0.322 e. The van der Waals surface area contributed by atoms with E-state index in [0.717, 1.165) is 15.7 Å². The van der Waals surface area contributed by atoms with Gasteiger partial charge in [0.25, 0.3) is 5.91 Å². The van der Waals surface area contributed by atoms with Gasteiger partial charge in [-0.15, -0.1) is 0 Å². The molecule has 1 aromatic carbocycles. The van der Waals surface area contributed by atoms with Crippen LogP contribution >= 0.6 is 15.9 Å². The van der Waals surface area contributed by atoms with Crippen LogP contribution in [-0.2, 0) is 6.42 Å². The largest absolute Gasteiger partial charge is 0.322 e. The molecule has 1 heterocycles. The Morgan fingerprint density at radius 3 is 2.95 bits per heavy atom. The van der Waals surface area contributed by atoms with E-state index in [1.807, 2.05) is 31.2 Å². The summed E-state index contributed by atoms with van der Waals surface area (Å²) in [5.74, 6) is -0.215. The number of pyridine rings is 1. The zero-order valence-electron chi connectivity index (χ0n) is 10.9. The SMILES string of the molecule is Cc1ccc(Br)cc1NC(=O)c1ccnc(CC#N)c1. The molecule has 20 heavy (non-hydrogen) atoms. The molecule has 0 aliphatic rings. The number of hydrogen-bond donors (Lipinski definition) is 1. The lowest BCUT2D eigenvalue weighted by molar-refractivity contribution is 0.102. The highest BCUT2D eigenvalue weighted by molar-refractivity contribution is 9.10. The summed E-state index contributed by atoms with van der Waals surface area (Å²) in [6.45, 7) is 1.93. The fraction of sp³-hybridized carbons (Fsp3) is 0.133. The number of hydrogen-bond acceptors (Lipinski definition) is 3. The first-order chi connectivity index (χ1) is 9.60. The van der Waals surface area contributed by atoms with Crippen molar-refractivity contribution >= 4 is 27.5 Å². The molecule has 0 aliphatic carbocycles. The van der Waals surface area contributed by atoms with Gasteiger partial charge in [-0.3, -0.25) is 9.78 Å². The van der Waals surface area contributed by atoms with Crippen LogP contribution in [-0.4, -0.2) is 10.9 Å². The van der Waals surface area contributed by atoms with Crippen LogP contribution in [0.5, 0.6) is 0 Å². The Morgan fingerprint density at radius 1 is 1.40 bits per heavy atom. The summed E-state index contributed by atoms with van der Waals surface area (Å²) in [5, 5.41) is 11.5. The second-order valence-corrected chi connectivity index (χ2v) is 5.20. The van der Waals surface area contributed by atoms with E-state index in [4.69, 9.17) is 5.26 Å². The molecule has 2 aromatic rings. The molecule has 2 rings (SSSR count). The highest BCUT2D eigenvalue weighted by Gasteiger charge is 2.09. The highest BCUT2D eigenvalue weighted by Crippen LogP contribution is 2.21. The second kappa shape index (κ2) is 6.31. The molecule has 1 amide bonds. The predicted molar refractivity (Wildman–Crippen MR) is 80.4 cm³/mol. The molecule has 0 radical (unpaired) electrons. The van der Waals surface area contributed by atoms with Gasteiger partial charge in [-0.25, -0.2) is 0 Å². The van der Waals surface area contributed by atoms with Crippen LogP contribution in [0.1, 0.15) is 21.6 Å². The number of benzene rings is 1. The van der Waals surface area contributed by atoms with Crippen LogP contribution in [0.4, 0.5) is 5.69 Å². The van der Waals surface area contributed by atoms with Gasteiger partial charge in [0.05, 0.1) is 18.2 Å². The van der Waals surface area contributed by atoms with Crippen molar-refractivity contribution in [3.05, 3.63) is 57.8 Å². The molecule has 0 unspecified atom stereocenters. The van der Waals surface area contributed by atoms with Crippen LogP contribution in [0.25, 0.3) is 0 Å². The Labute approximate surface area is 125 Å². The summed E-state index contributed by atoms with van der Waals surface area (Å²) < 4.78 is 0.901. The van der Waals surface area contributed by atoms with Crippen molar-refractivity contribution in [3.63, 3.8) is 0 Å². The third kappa shape index (κ3) is 3.43. The number of aryl methyl sites for hydroxylation is 1. The van der Waals surface area contributed by atoms with Crippen molar-refractivity contribution in [1.82, 2.24) is 4.98 Å². The van der Waals surface area contributed by atoms with Crippen molar-refractivity contribution in [1.29, 1.82) is 5.26 Å². The fourth-order valence-corrected chi connectivity index (χ4v) is 2.08. The Kier molecular flexibility index (Phi) is 4.49. The molecule has 1 aromatic heterocycles. The number of nitrogens with zero attached hydrogens (tertiary/aromatic N) is 2. The van der Waals surface area contributed by atoms with Crippen LogP contribution in [0.2, 0.25) is 0 Å². The van der Waals surface area contributed by atoms with Gasteiger partial charge in [0.2, 0.25) is 0 Å². The zero-order chi connectivity index (χ0) is 14.5. The van der Waals surface area contributed by atoms with E-state index in [1.165, 1.54) is 6.20 Å².